The van der Waals surface area contributed by atoms with Gasteiger partial charge in [-0.25, -0.2) is 0 Å². The molecule has 1 rings (SSSR count). The van der Waals surface area contributed by atoms with Crippen molar-refractivity contribution in [3.05, 3.63) is 29.8 Å². The summed E-state index contributed by atoms with van der Waals surface area (Å²) in [6, 6.07) is 5.47. The van der Waals surface area contributed by atoms with Crippen LogP contribution in [0.5, 0.6) is 0 Å². The molecular formula is C16H24F3N. The van der Waals surface area contributed by atoms with E-state index >= 15 is 0 Å². The molecule has 114 valence electrons. The van der Waals surface area contributed by atoms with Gasteiger partial charge in [0.1, 0.15) is 0 Å². The summed E-state index contributed by atoms with van der Waals surface area (Å²) in [6.45, 7) is 10.7. The van der Waals surface area contributed by atoms with Crippen molar-refractivity contribution in [3.63, 3.8) is 0 Å². The predicted octanol–water partition coefficient (Wildman–Crippen LogP) is 5.58. The SMILES string of the molecule is CCC(C)(C)C(Nc1ccc(C(F)(F)F)cc1)C(C)C. The maximum absolute atomic E-state index is 12.5. The Morgan fingerprint density at radius 2 is 1.55 bits per heavy atom. The molecule has 0 bridgehead atoms. The lowest BCUT2D eigenvalue weighted by Crippen LogP contribution is -2.40. The third-order valence-corrected chi connectivity index (χ3v) is 3.95. The van der Waals surface area contributed by atoms with Crippen molar-refractivity contribution < 1.29 is 13.2 Å². The van der Waals surface area contributed by atoms with Gasteiger partial charge in [-0.2, -0.15) is 13.2 Å². The first-order valence-corrected chi connectivity index (χ1v) is 7.01. The van der Waals surface area contributed by atoms with Crippen LogP contribution in [-0.4, -0.2) is 6.04 Å². The second kappa shape index (κ2) is 6.06. The Morgan fingerprint density at radius 1 is 1.05 bits per heavy atom. The number of anilines is 1. The monoisotopic (exact) mass is 287 g/mol. The van der Waals surface area contributed by atoms with E-state index in [9.17, 15) is 13.2 Å². The highest BCUT2D eigenvalue weighted by molar-refractivity contribution is 5.46. The van der Waals surface area contributed by atoms with Crippen LogP contribution in [0.1, 0.15) is 46.6 Å². The summed E-state index contributed by atoms with van der Waals surface area (Å²) >= 11 is 0. The molecule has 0 aliphatic heterocycles. The molecule has 0 heterocycles. The second-order valence-corrected chi connectivity index (χ2v) is 6.28. The molecule has 0 aromatic heterocycles. The Hall–Kier alpha value is -1.19. The lowest BCUT2D eigenvalue weighted by Gasteiger charge is -2.38. The van der Waals surface area contributed by atoms with Crippen LogP contribution in [0.15, 0.2) is 24.3 Å². The highest BCUT2D eigenvalue weighted by Crippen LogP contribution is 2.33. The van der Waals surface area contributed by atoms with Crippen molar-refractivity contribution in [1.29, 1.82) is 0 Å². The average molecular weight is 287 g/mol. The average Bonchev–Trinajstić information content (AvgIpc) is 2.35. The van der Waals surface area contributed by atoms with Gasteiger partial charge in [-0.15, -0.1) is 0 Å². The standard InChI is InChI=1S/C16H24F3N/c1-6-15(4,5)14(11(2)3)20-13-9-7-12(8-10-13)16(17,18)19/h7-11,14,20H,6H2,1-5H3. The Bertz CT molecular complexity index is 418. The van der Waals surface area contributed by atoms with Gasteiger partial charge in [-0.05, 0) is 42.0 Å². The molecule has 1 unspecified atom stereocenters. The number of rotatable bonds is 5. The van der Waals surface area contributed by atoms with E-state index in [0.717, 1.165) is 24.2 Å². The van der Waals surface area contributed by atoms with E-state index in [1.807, 2.05) is 0 Å². The Labute approximate surface area is 119 Å². The fraction of sp³-hybridized carbons (Fsp3) is 0.625. The van der Waals surface area contributed by atoms with Crippen LogP contribution >= 0.6 is 0 Å². The van der Waals surface area contributed by atoms with Crippen LogP contribution in [0.2, 0.25) is 0 Å². The molecule has 0 aliphatic rings. The van der Waals surface area contributed by atoms with E-state index in [2.05, 4.69) is 39.9 Å². The number of nitrogens with one attached hydrogen (secondary N) is 1. The molecular weight excluding hydrogens is 263 g/mol. The van der Waals surface area contributed by atoms with Gasteiger partial charge >= 0.3 is 6.18 Å². The molecule has 1 atom stereocenters. The minimum absolute atomic E-state index is 0.0802. The van der Waals surface area contributed by atoms with E-state index in [1.165, 1.54) is 12.1 Å². The highest BCUT2D eigenvalue weighted by Gasteiger charge is 2.32. The van der Waals surface area contributed by atoms with Gasteiger partial charge in [0.2, 0.25) is 0 Å². The van der Waals surface area contributed by atoms with Crippen molar-refractivity contribution in [2.24, 2.45) is 11.3 Å². The minimum atomic E-state index is -4.28. The molecule has 0 amide bonds. The molecule has 4 heteroatoms. The van der Waals surface area contributed by atoms with E-state index < -0.39 is 11.7 Å². The molecule has 0 radical (unpaired) electrons. The molecule has 0 saturated carbocycles. The summed E-state index contributed by atoms with van der Waals surface area (Å²) in [5.41, 5.74) is 0.203. The van der Waals surface area contributed by atoms with Crippen molar-refractivity contribution in [1.82, 2.24) is 0 Å². The van der Waals surface area contributed by atoms with Crippen molar-refractivity contribution in [2.45, 2.75) is 53.3 Å². The maximum Gasteiger partial charge on any atom is 0.416 e. The van der Waals surface area contributed by atoms with Gasteiger partial charge in [-0.3, -0.25) is 0 Å². The first-order chi connectivity index (χ1) is 9.08. The Kier molecular flexibility index (Phi) is 5.11. The number of halogens is 3. The van der Waals surface area contributed by atoms with Gasteiger partial charge in [-0.1, -0.05) is 34.6 Å². The first kappa shape index (κ1) is 16.9. The molecule has 1 nitrogen and oxygen atoms in total. The molecule has 0 aliphatic carbocycles. The lowest BCUT2D eigenvalue weighted by atomic mass is 9.76. The smallest absolute Gasteiger partial charge is 0.382 e. The zero-order valence-corrected chi connectivity index (χ0v) is 12.8. The van der Waals surface area contributed by atoms with Crippen LogP contribution in [0.25, 0.3) is 0 Å². The number of hydrogen-bond acceptors (Lipinski definition) is 1. The molecule has 20 heavy (non-hydrogen) atoms. The minimum Gasteiger partial charge on any atom is -0.382 e. The lowest BCUT2D eigenvalue weighted by molar-refractivity contribution is -0.137. The summed E-state index contributed by atoms with van der Waals surface area (Å²) in [5, 5.41) is 3.38. The summed E-state index contributed by atoms with van der Waals surface area (Å²) in [7, 11) is 0. The third kappa shape index (κ3) is 4.15. The summed E-state index contributed by atoms with van der Waals surface area (Å²) in [4.78, 5) is 0. The number of benzene rings is 1. The van der Waals surface area contributed by atoms with Crippen LogP contribution in [0.3, 0.4) is 0 Å². The number of alkyl halides is 3. The quantitative estimate of drug-likeness (QED) is 0.745. The van der Waals surface area contributed by atoms with E-state index in [-0.39, 0.29) is 11.5 Å². The van der Waals surface area contributed by atoms with Crippen LogP contribution in [0, 0.1) is 11.3 Å². The Morgan fingerprint density at radius 3 is 1.90 bits per heavy atom. The molecule has 0 saturated heterocycles. The van der Waals surface area contributed by atoms with E-state index in [0.29, 0.717) is 5.92 Å². The van der Waals surface area contributed by atoms with Gasteiger partial charge in [0, 0.05) is 11.7 Å². The largest absolute Gasteiger partial charge is 0.416 e. The van der Waals surface area contributed by atoms with Crippen molar-refractivity contribution in [2.75, 3.05) is 5.32 Å². The summed E-state index contributed by atoms with van der Waals surface area (Å²) in [5.74, 6) is 0.396. The molecule has 1 aromatic rings. The number of hydrogen-bond donors (Lipinski definition) is 1. The van der Waals surface area contributed by atoms with E-state index in [4.69, 9.17) is 0 Å². The second-order valence-electron chi connectivity index (χ2n) is 6.28. The van der Waals surface area contributed by atoms with Crippen LogP contribution in [-0.2, 0) is 6.18 Å². The summed E-state index contributed by atoms with van der Waals surface area (Å²) in [6.07, 6.45) is -3.28. The van der Waals surface area contributed by atoms with Crippen LogP contribution < -0.4 is 5.32 Å². The molecule has 0 fully saturated rings. The van der Waals surface area contributed by atoms with Crippen LogP contribution in [0.4, 0.5) is 18.9 Å². The molecule has 1 aromatic carbocycles. The third-order valence-electron chi connectivity index (χ3n) is 3.95. The van der Waals surface area contributed by atoms with Gasteiger partial charge in [0.05, 0.1) is 5.56 Å². The Balaban J connectivity index is 2.91. The van der Waals surface area contributed by atoms with Gasteiger partial charge in [0.25, 0.3) is 0 Å². The zero-order valence-electron chi connectivity index (χ0n) is 12.8. The maximum atomic E-state index is 12.5. The van der Waals surface area contributed by atoms with Crippen molar-refractivity contribution >= 4 is 5.69 Å². The molecule has 1 N–H and O–H groups in total. The zero-order chi connectivity index (χ0) is 15.6. The normalized spacial score (nSPS) is 14.4. The molecule has 0 spiro atoms. The topological polar surface area (TPSA) is 12.0 Å². The highest BCUT2D eigenvalue weighted by atomic mass is 19.4. The predicted molar refractivity (Wildman–Crippen MR) is 77.8 cm³/mol. The van der Waals surface area contributed by atoms with Gasteiger partial charge in [0.15, 0.2) is 0 Å². The first-order valence-electron chi connectivity index (χ1n) is 7.01. The van der Waals surface area contributed by atoms with Crippen molar-refractivity contribution in [3.8, 4) is 0 Å². The fourth-order valence-corrected chi connectivity index (χ4v) is 2.42. The van der Waals surface area contributed by atoms with Gasteiger partial charge < -0.3 is 5.32 Å². The fourth-order valence-electron chi connectivity index (χ4n) is 2.42. The summed E-state index contributed by atoms with van der Waals surface area (Å²) < 4.78 is 37.6. The van der Waals surface area contributed by atoms with E-state index in [1.54, 1.807) is 0 Å².